The van der Waals surface area contributed by atoms with Crippen LogP contribution in [-0.2, 0) is 19.3 Å². The summed E-state index contributed by atoms with van der Waals surface area (Å²) in [7, 11) is 0. The van der Waals surface area contributed by atoms with Gasteiger partial charge in [-0.1, -0.05) is 84.5 Å². The number of piperidine rings is 1. The van der Waals surface area contributed by atoms with E-state index in [0.29, 0.717) is 22.7 Å². The molecule has 184 valence electrons. The summed E-state index contributed by atoms with van der Waals surface area (Å²) in [5.74, 6) is 1.39. The monoisotopic (exact) mass is 457 g/mol. The second kappa shape index (κ2) is 9.92. The lowest BCUT2D eigenvalue weighted by molar-refractivity contribution is 0.102. The molecule has 1 aliphatic carbocycles. The lowest BCUT2D eigenvalue weighted by Gasteiger charge is -2.49. The normalized spacial score (nSPS) is 20.0. The summed E-state index contributed by atoms with van der Waals surface area (Å²) in [6.45, 7) is 21.0. The predicted octanol–water partition coefficient (Wildman–Crippen LogP) is 8.67. The SMILES string of the molecule is C=C(c1ccc(CC(C)C)c(CC)c1)N1CCC2(CC1)Cc1ccccc1C(CC(C)(C)C)C2. The molecule has 0 radical (unpaired) electrons. The first kappa shape index (κ1) is 25.1. The van der Waals surface area contributed by atoms with Gasteiger partial charge in [0.15, 0.2) is 0 Å². The van der Waals surface area contributed by atoms with Gasteiger partial charge in [0.05, 0.1) is 0 Å². The molecule has 0 N–H and O–H groups in total. The average Bonchev–Trinajstić information content (AvgIpc) is 2.78. The van der Waals surface area contributed by atoms with Gasteiger partial charge in [-0.05, 0) is 101 Å². The molecule has 0 amide bonds. The molecule has 1 aliphatic heterocycles. The quantitative estimate of drug-likeness (QED) is 0.419. The topological polar surface area (TPSA) is 3.24 Å². The highest BCUT2D eigenvalue weighted by Gasteiger charge is 2.42. The van der Waals surface area contributed by atoms with E-state index in [1.807, 2.05) is 0 Å². The molecule has 34 heavy (non-hydrogen) atoms. The van der Waals surface area contributed by atoms with Gasteiger partial charge < -0.3 is 4.90 Å². The Hall–Kier alpha value is -2.02. The van der Waals surface area contributed by atoms with E-state index in [1.54, 1.807) is 11.1 Å². The van der Waals surface area contributed by atoms with Crippen molar-refractivity contribution in [2.45, 2.75) is 92.4 Å². The number of likely N-dealkylation sites (tertiary alicyclic amines) is 1. The zero-order valence-corrected chi connectivity index (χ0v) is 22.7. The largest absolute Gasteiger partial charge is 0.371 e. The van der Waals surface area contributed by atoms with Gasteiger partial charge in [-0.2, -0.15) is 0 Å². The molecule has 1 nitrogen and oxygen atoms in total. The lowest BCUT2D eigenvalue weighted by atomic mass is 9.60. The van der Waals surface area contributed by atoms with E-state index < -0.39 is 0 Å². The first-order chi connectivity index (χ1) is 16.1. The second-order valence-corrected chi connectivity index (χ2v) is 12.9. The molecule has 0 aromatic heterocycles. The zero-order valence-electron chi connectivity index (χ0n) is 22.7. The van der Waals surface area contributed by atoms with Crippen LogP contribution < -0.4 is 0 Å². The summed E-state index contributed by atoms with van der Waals surface area (Å²) < 4.78 is 0. The van der Waals surface area contributed by atoms with Crippen molar-refractivity contribution >= 4 is 5.70 Å². The average molecular weight is 458 g/mol. The van der Waals surface area contributed by atoms with Gasteiger partial charge in [-0.25, -0.2) is 0 Å². The summed E-state index contributed by atoms with van der Waals surface area (Å²) >= 11 is 0. The fourth-order valence-corrected chi connectivity index (χ4v) is 6.71. The molecule has 1 saturated heterocycles. The van der Waals surface area contributed by atoms with E-state index >= 15 is 0 Å². The Morgan fingerprint density at radius 3 is 2.41 bits per heavy atom. The van der Waals surface area contributed by atoms with E-state index in [2.05, 4.69) is 95.5 Å². The maximum atomic E-state index is 4.57. The Balaban J connectivity index is 1.48. The minimum atomic E-state index is 0.365. The van der Waals surface area contributed by atoms with E-state index in [0.717, 1.165) is 19.5 Å². The summed E-state index contributed by atoms with van der Waals surface area (Å²) in [4.78, 5) is 2.57. The highest BCUT2D eigenvalue weighted by molar-refractivity contribution is 5.63. The van der Waals surface area contributed by atoms with Crippen LogP contribution in [0.15, 0.2) is 49.0 Å². The van der Waals surface area contributed by atoms with Crippen LogP contribution in [-0.4, -0.2) is 18.0 Å². The number of nitrogens with zero attached hydrogens (tertiary/aromatic N) is 1. The van der Waals surface area contributed by atoms with Gasteiger partial charge in [0.2, 0.25) is 0 Å². The Bertz CT molecular complexity index is 997. The fraction of sp³-hybridized carbons (Fsp3) is 0.576. The first-order valence-corrected chi connectivity index (χ1v) is 13.7. The van der Waals surface area contributed by atoms with Crippen molar-refractivity contribution in [2.75, 3.05) is 13.1 Å². The summed E-state index contributed by atoms with van der Waals surface area (Å²) in [6, 6.07) is 16.4. The molecular formula is C33H47N. The molecule has 1 heterocycles. The third-order valence-corrected chi connectivity index (χ3v) is 8.35. The van der Waals surface area contributed by atoms with Gasteiger partial charge in [-0.15, -0.1) is 0 Å². The number of fused-ring (bicyclic) bond motifs is 1. The summed E-state index contributed by atoms with van der Waals surface area (Å²) in [5.41, 5.74) is 9.61. The van der Waals surface area contributed by atoms with Crippen molar-refractivity contribution in [2.24, 2.45) is 16.7 Å². The van der Waals surface area contributed by atoms with E-state index in [9.17, 15) is 0 Å². The smallest absolute Gasteiger partial charge is 0.0366 e. The molecule has 0 saturated carbocycles. The summed E-state index contributed by atoms with van der Waals surface area (Å²) in [5, 5.41) is 0. The van der Waals surface area contributed by atoms with Crippen molar-refractivity contribution in [1.82, 2.24) is 4.90 Å². The van der Waals surface area contributed by atoms with Crippen LogP contribution in [0, 0.1) is 16.7 Å². The van der Waals surface area contributed by atoms with Crippen LogP contribution in [0.5, 0.6) is 0 Å². The Kier molecular flexibility index (Phi) is 7.32. The Labute approximate surface area is 209 Å². The molecule has 4 rings (SSSR count). The van der Waals surface area contributed by atoms with Crippen molar-refractivity contribution in [3.8, 4) is 0 Å². The van der Waals surface area contributed by atoms with Crippen molar-refractivity contribution in [3.63, 3.8) is 0 Å². The van der Waals surface area contributed by atoms with E-state index in [1.165, 1.54) is 60.9 Å². The molecule has 2 aliphatic rings. The Morgan fingerprint density at radius 2 is 1.76 bits per heavy atom. The molecule has 2 aromatic carbocycles. The van der Waals surface area contributed by atoms with Crippen LogP contribution in [0.2, 0.25) is 0 Å². The molecule has 0 bridgehead atoms. The maximum Gasteiger partial charge on any atom is 0.0366 e. The number of hydrogen-bond acceptors (Lipinski definition) is 1. The Morgan fingerprint density at radius 1 is 1.06 bits per heavy atom. The minimum Gasteiger partial charge on any atom is -0.371 e. The van der Waals surface area contributed by atoms with E-state index in [4.69, 9.17) is 0 Å². The zero-order chi connectivity index (χ0) is 24.5. The molecule has 1 heteroatoms. The number of rotatable bonds is 6. The van der Waals surface area contributed by atoms with Crippen molar-refractivity contribution in [1.29, 1.82) is 0 Å². The van der Waals surface area contributed by atoms with E-state index in [-0.39, 0.29) is 0 Å². The van der Waals surface area contributed by atoms with Crippen LogP contribution in [0.25, 0.3) is 5.70 Å². The summed E-state index contributed by atoms with van der Waals surface area (Å²) in [6.07, 6.45) is 8.73. The number of benzene rings is 2. The van der Waals surface area contributed by atoms with Crippen LogP contribution >= 0.6 is 0 Å². The number of hydrogen-bond donors (Lipinski definition) is 0. The molecule has 1 atom stereocenters. The molecule has 1 fully saturated rings. The van der Waals surface area contributed by atoms with Crippen molar-refractivity contribution < 1.29 is 0 Å². The molecular weight excluding hydrogens is 410 g/mol. The second-order valence-electron chi connectivity index (χ2n) is 12.9. The first-order valence-electron chi connectivity index (χ1n) is 13.7. The van der Waals surface area contributed by atoms with Crippen LogP contribution in [0.3, 0.4) is 0 Å². The van der Waals surface area contributed by atoms with Gasteiger partial charge >= 0.3 is 0 Å². The third-order valence-electron chi connectivity index (χ3n) is 8.35. The highest BCUT2D eigenvalue weighted by Crippen LogP contribution is 2.51. The van der Waals surface area contributed by atoms with Crippen molar-refractivity contribution in [3.05, 3.63) is 76.9 Å². The highest BCUT2D eigenvalue weighted by atomic mass is 15.1. The molecule has 1 unspecified atom stereocenters. The lowest BCUT2D eigenvalue weighted by Crippen LogP contribution is -2.43. The predicted molar refractivity (Wildman–Crippen MR) is 148 cm³/mol. The molecule has 1 spiro atoms. The maximum absolute atomic E-state index is 4.57. The molecule has 2 aromatic rings. The van der Waals surface area contributed by atoms with Crippen LogP contribution in [0.1, 0.15) is 101 Å². The van der Waals surface area contributed by atoms with Gasteiger partial charge in [0, 0.05) is 18.8 Å². The fourth-order valence-electron chi connectivity index (χ4n) is 6.71. The van der Waals surface area contributed by atoms with Gasteiger partial charge in [0.25, 0.3) is 0 Å². The van der Waals surface area contributed by atoms with Gasteiger partial charge in [0.1, 0.15) is 0 Å². The minimum absolute atomic E-state index is 0.365. The standard InChI is InChI=1S/C33H47N/c1-8-26-20-27(13-14-28(26)19-24(2)3)25(4)34-17-15-33(16-18-34)22-29-11-9-10-12-31(29)30(23-33)21-32(5,6)7/h9-14,20,24,30H,4,8,15-19,21-23H2,1-3,5-7H3. The van der Waals surface area contributed by atoms with Crippen LogP contribution in [0.4, 0.5) is 0 Å². The third kappa shape index (κ3) is 5.61. The number of aryl methyl sites for hydroxylation is 1. The van der Waals surface area contributed by atoms with Gasteiger partial charge in [-0.3, -0.25) is 0 Å².